The Bertz CT molecular complexity index is 1060. The third kappa shape index (κ3) is 5.73. The predicted molar refractivity (Wildman–Crippen MR) is 132 cm³/mol. The number of benzene rings is 3. The zero-order chi connectivity index (χ0) is 23.0. The normalized spacial score (nSPS) is 13.6. The highest BCUT2D eigenvalue weighted by Gasteiger charge is 2.20. The Kier molecular flexibility index (Phi) is 7.62. The van der Waals surface area contributed by atoms with Gasteiger partial charge < -0.3 is 19.6 Å². The van der Waals surface area contributed by atoms with Crippen molar-refractivity contribution in [1.29, 1.82) is 5.26 Å². The summed E-state index contributed by atoms with van der Waals surface area (Å²) >= 11 is 0. The number of para-hydroxylation sites is 3. The number of nitrogens with zero attached hydrogens (tertiary/aromatic N) is 3. The zero-order valence-electron chi connectivity index (χ0n) is 19.2. The Morgan fingerprint density at radius 1 is 0.970 bits per heavy atom. The van der Waals surface area contributed by atoms with Gasteiger partial charge in [0.15, 0.2) is 0 Å². The Hall–Kier alpha value is -3.33. The van der Waals surface area contributed by atoms with Crippen molar-refractivity contribution in [2.24, 2.45) is 0 Å². The lowest BCUT2D eigenvalue weighted by Crippen LogP contribution is -2.34. The summed E-state index contributed by atoms with van der Waals surface area (Å²) < 4.78 is 5.67. The van der Waals surface area contributed by atoms with Crippen molar-refractivity contribution >= 4 is 11.4 Å². The van der Waals surface area contributed by atoms with Gasteiger partial charge in [-0.2, -0.15) is 5.26 Å². The highest BCUT2D eigenvalue weighted by molar-refractivity contribution is 5.71. The average molecular weight is 442 g/mol. The van der Waals surface area contributed by atoms with E-state index in [1.54, 1.807) is 18.2 Å². The topological polar surface area (TPSA) is 59.7 Å². The van der Waals surface area contributed by atoms with Crippen molar-refractivity contribution < 1.29 is 9.84 Å². The molecule has 1 aliphatic rings. The number of nitriles is 1. The second-order valence-corrected chi connectivity index (χ2v) is 8.60. The second-order valence-electron chi connectivity index (χ2n) is 8.60. The summed E-state index contributed by atoms with van der Waals surface area (Å²) in [5, 5.41) is 19.6. The van der Waals surface area contributed by atoms with Crippen LogP contribution in [0.4, 0.5) is 11.4 Å². The molecule has 0 bridgehead atoms. The molecule has 33 heavy (non-hydrogen) atoms. The number of hydrogen-bond acceptors (Lipinski definition) is 5. The van der Waals surface area contributed by atoms with Crippen molar-refractivity contribution in [3.63, 3.8) is 0 Å². The standard InChI is InChI=1S/C28H31N3O2/c1-30(20-25(32)21-33-28-14-7-4-11-24(28)19-29)17-8-18-31-26-12-5-2-9-22(26)15-16-23-10-3-6-13-27(23)31/h2-7,9-14,25,32H,8,15-18,20-21H2,1H3. The van der Waals surface area contributed by atoms with Crippen LogP contribution in [-0.4, -0.2) is 49.4 Å². The SMILES string of the molecule is CN(CCCN1c2ccccc2CCc2ccccc21)CC(O)COc1ccccc1C#N. The summed E-state index contributed by atoms with van der Waals surface area (Å²) in [6.07, 6.45) is 2.47. The first kappa shape index (κ1) is 22.8. The lowest BCUT2D eigenvalue weighted by molar-refractivity contribution is 0.0761. The number of aliphatic hydroxyl groups excluding tert-OH is 1. The minimum Gasteiger partial charge on any atom is -0.489 e. The highest BCUT2D eigenvalue weighted by atomic mass is 16.5. The summed E-state index contributed by atoms with van der Waals surface area (Å²) in [5.41, 5.74) is 5.88. The number of aryl methyl sites for hydroxylation is 2. The Morgan fingerprint density at radius 3 is 2.24 bits per heavy atom. The Labute approximate surface area is 196 Å². The molecule has 4 rings (SSSR count). The third-order valence-corrected chi connectivity index (χ3v) is 6.11. The van der Waals surface area contributed by atoms with Crippen LogP contribution in [0.5, 0.6) is 5.75 Å². The van der Waals surface area contributed by atoms with E-state index in [4.69, 9.17) is 10.00 Å². The van der Waals surface area contributed by atoms with Crippen molar-refractivity contribution in [2.75, 3.05) is 38.2 Å². The summed E-state index contributed by atoms with van der Waals surface area (Å²) in [7, 11) is 2.02. The number of fused-ring (bicyclic) bond motifs is 2. The number of rotatable bonds is 9. The summed E-state index contributed by atoms with van der Waals surface area (Å²) in [5.74, 6) is 0.514. The van der Waals surface area contributed by atoms with Gasteiger partial charge in [0.05, 0.1) is 5.56 Å². The minimum absolute atomic E-state index is 0.163. The number of hydrogen-bond donors (Lipinski definition) is 1. The molecule has 0 amide bonds. The van der Waals surface area contributed by atoms with E-state index in [2.05, 4.69) is 64.4 Å². The predicted octanol–water partition coefficient (Wildman–Crippen LogP) is 4.56. The van der Waals surface area contributed by atoms with Gasteiger partial charge in [0.2, 0.25) is 0 Å². The molecule has 0 spiro atoms. The van der Waals surface area contributed by atoms with Crippen molar-refractivity contribution in [3.05, 3.63) is 89.5 Å². The van der Waals surface area contributed by atoms with E-state index in [1.165, 1.54) is 22.5 Å². The van der Waals surface area contributed by atoms with Crippen LogP contribution >= 0.6 is 0 Å². The monoisotopic (exact) mass is 441 g/mol. The average Bonchev–Trinajstić information content (AvgIpc) is 3.00. The largest absolute Gasteiger partial charge is 0.489 e. The van der Waals surface area contributed by atoms with E-state index >= 15 is 0 Å². The van der Waals surface area contributed by atoms with Crippen LogP contribution in [0.2, 0.25) is 0 Å². The molecule has 170 valence electrons. The van der Waals surface area contributed by atoms with Gasteiger partial charge in [-0.3, -0.25) is 0 Å². The molecule has 1 N–H and O–H groups in total. The first-order valence-corrected chi connectivity index (χ1v) is 11.6. The fourth-order valence-electron chi connectivity index (χ4n) is 4.48. The van der Waals surface area contributed by atoms with Gasteiger partial charge in [0, 0.05) is 24.5 Å². The van der Waals surface area contributed by atoms with E-state index in [1.807, 2.05) is 13.1 Å². The molecule has 0 saturated heterocycles. The van der Waals surface area contributed by atoms with Crippen molar-refractivity contribution in [1.82, 2.24) is 4.90 Å². The molecule has 0 saturated carbocycles. The summed E-state index contributed by atoms with van der Waals surface area (Å²) in [4.78, 5) is 4.59. The van der Waals surface area contributed by atoms with Crippen LogP contribution in [-0.2, 0) is 12.8 Å². The molecule has 3 aromatic rings. The van der Waals surface area contributed by atoms with Gasteiger partial charge in [-0.1, -0.05) is 48.5 Å². The lowest BCUT2D eigenvalue weighted by Gasteiger charge is -2.28. The molecule has 0 fully saturated rings. The zero-order valence-corrected chi connectivity index (χ0v) is 19.2. The molecule has 5 heteroatoms. The molecule has 1 atom stereocenters. The fourth-order valence-corrected chi connectivity index (χ4v) is 4.48. The molecule has 5 nitrogen and oxygen atoms in total. The minimum atomic E-state index is -0.624. The summed E-state index contributed by atoms with van der Waals surface area (Å²) in [6.45, 7) is 2.46. The first-order valence-electron chi connectivity index (χ1n) is 11.6. The van der Waals surface area contributed by atoms with Crippen LogP contribution in [0.15, 0.2) is 72.8 Å². The molecule has 3 aromatic carbocycles. The molecular formula is C28H31N3O2. The maximum atomic E-state index is 10.4. The molecule has 1 aliphatic heterocycles. The van der Waals surface area contributed by atoms with Gasteiger partial charge in [-0.25, -0.2) is 0 Å². The number of aliphatic hydroxyl groups is 1. The quantitative estimate of drug-likeness (QED) is 0.528. The molecule has 0 aromatic heterocycles. The van der Waals surface area contributed by atoms with Crippen LogP contribution in [0.1, 0.15) is 23.1 Å². The maximum Gasteiger partial charge on any atom is 0.137 e. The number of anilines is 2. The van der Waals surface area contributed by atoms with Crippen LogP contribution in [0, 0.1) is 11.3 Å². The van der Waals surface area contributed by atoms with Crippen molar-refractivity contribution in [2.45, 2.75) is 25.4 Å². The van der Waals surface area contributed by atoms with E-state index < -0.39 is 6.10 Å². The van der Waals surface area contributed by atoms with Gasteiger partial charge in [-0.15, -0.1) is 0 Å². The molecule has 1 heterocycles. The third-order valence-electron chi connectivity index (χ3n) is 6.11. The van der Waals surface area contributed by atoms with Crippen LogP contribution in [0.25, 0.3) is 0 Å². The molecule has 1 unspecified atom stereocenters. The number of likely N-dealkylation sites (N-methyl/N-ethyl adjacent to an activating group) is 1. The van der Waals surface area contributed by atoms with Crippen LogP contribution in [0.3, 0.4) is 0 Å². The Balaban J connectivity index is 1.31. The van der Waals surface area contributed by atoms with Crippen molar-refractivity contribution in [3.8, 4) is 11.8 Å². The first-order chi connectivity index (χ1) is 16.2. The molecule has 0 aliphatic carbocycles. The Morgan fingerprint density at radius 2 is 1.58 bits per heavy atom. The maximum absolute atomic E-state index is 10.4. The van der Waals surface area contributed by atoms with Gasteiger partial charge >= 0.3 is 0 Å². The highest BCUT2D eigenvalue weighted by Crippen LogP contribution is 2.35. The molecular weight excluding hydrogens is 410 g/mol. The van der Waals surface area contributed by atoms with Gasteiger partial charge in [0.25, 0.3) is 0 Å². The molecule has 0 radical (unpaired) electrons. The van der Waals surface area contributed by atoms with E-state index in [0.717, 1.165) is 32.4 Å². The van der Waals surface area contributed by atoms with Crippen LogP contribution < -0.4 is 9.64 Å². The fraction of sp³-hybridized carbons (Fsp3) is 0.321. The number of ether oxygens (including phenoxy) is 1. The van der Waals surface area contributed by atoms with E-state index in [9.17, 15) is 5.11 Å². The van der Waals surface area contributed by atoms with Gasteiger partial charge in [-0.05, 0) is 68.2 Å². The second kappa shape index (κ2) is 11.0. The smallest absolute Gasteiger partial charge is 0.137 e. The van der Waals surface area contributed by atoms with Gasteiger partial charge in [0.1, 0.15) is 24.5 Å². The summed E-state index contributed by atoms with van der Waals surface area (Å²) in [6, 6.07) is 26.6. The van der Waals surface area contributed by atoms with E-state index in [-0.39, 0.29) is 6.61 Å². The lowest BCUT2D eigenvalue weighted by atomic mass is 10.0. The van der Waals surface area contributed by atoms with E-state index in [0.29, 0.717) is 17.9 Å².